The van der Waals surface area contributed by atoms with Gasteiger partial charge in [-0.2, -0.15) is 0 Å². The van der Waals surface area contributed by atoms with Crippen LogP contribution in [0.5, 0.6) is 5.75 Å². The Morgan fingerprint density at radius 1 is 1.47 bits per heavy atom. The Morgan fingerprint density at radius 3 is 2.60 bits per heavy atom. The smallest absolute Gasteiger partial charge is 0.344 e. The van der Waals surface area contributed by atoms with Crippen molar-refractivity contribution < 1.29 is 14.6 Å². The minimum absolute atomic E-state index is 0.456. The Morgan fingerprint density at radius 2 is 2.13 bits per heavy atom. The summed E-state index contributed by atoms with van der Waals surface area (Å²) in [6.07, 6.45) is -0.307. The molecule has 1 N–H and O–H groups in total. The maximum Gasteiger partial charge on any atom is 0.344 e. The monoisotopic (exact) mass is 432 g/mol. The Labute approximate surface area is 115 Å². The summed E-state index contributed by atoms with van der Waals surface area (Å²) in [6.45, 7) is 1.79. The van der Waals surface area contributed by atoms with Crippen molar-refractivity contribution in [3.8, 4) is 5.75 Å². The van der Waals surface area contributed by atoms with Crippen LogP contribution in [0.3, 0.4) is 0 Å². The number of halogens is 2. The van der Waals surface area contributed by atoms with Crippen LogP contribution in [0, 0.1) is 7.14 Å². The van der Waals surface area contributed by atoms with Gasteiger partial charge in [0.1, 0.15) is 5.75 Å². The predicted molar refractivity (Wildman–Crippen MR) is 74.2 cm³/mol. The number of carboxylic acids is 1. The van der Waals surface area contributed by atoms with Gasteiger partial charge in [-0.25, -0.2) is 4.79 Å². The summed E-state index contributed by atoms with van der Waals surface area (Å²) in [5.74, 6) is -0.319. The van der Waals surface area contributed by atoms with E-state index >= 15 is 0 Å². The standard InChI is InChI=1S/C10H10I2O3/c1-2-9(10(13)14)15-6-3-4-7(11)8(12)5-6/h3-5,9H,2H2,1H3,(H,13,14). The highest BCUT2D eigenvalue weighted by atomic mass is 127. The average molecular weight is 432 g/mol. The molecule has 1 aromatic rings. The molecular weight excluding hydrogens is 422 g/mol. The van der Waals surface area contributed by atoms with Crippen LogP contribution in [0.1, 0.15) is 13.3 Å². The number of aliphatic carboxylic acids is 1. The van der Waals surface area contributed by atoms with E-state index in [2.05, 4.69) is 45.2 Å². The average Bonchev–Trinajstić information content (AvgIpc) is 2.19. The van der Waals surface area contributed by atoms with Crippen molar-refractivity contribution in [2.75, 3.05) is 0 Å². The van der Waals surface area contributed by atoms with E-state index in [0.717, 1.165) is 7.14 Å². The highest BCUT2D eigenvalue weighted by molar-refractivity contribution is 14.1. The SMILES string of the molecule is CCC(Oc1ccc(I)c(I)c1)C(=O)O. The molecule has 0 saturated heterocycles. The fourth-order valence-electron chi connectivity index (χ4n) is 1.02. The van der Waals surface area contributed by atoms with Gasteiger partial charge < -0.3 is 9.84 Å². The maximum absolute atomic E-state index is 10.8. The predicted octanol–water partition coefficient (Wildman–Crippen LogP) is 3.14. The highest BCUT2D eigenvalue weighted by Gasteiger charge is 2.16. The molecule has 0 spiro atoms. The van der Waals surface area contributed by atoms with Gasteiger partial charge in [0.2, 0.25) is 0 Å². The van der Waals surface area contributed by atoms with Crippen LogP contribution in [0.4, 0.5) is 0 Å². The molecule has 0 saturated carbocycles. The number of carbonyl (C=O) groups is 1. The molecule has 1 unspecified atom stereocenters. The maximum atomic E-state index is 10.8. The zero-order valence-electron chi connectivity index (χ0n) is 8.04. The van der Waals surface area contributed by atoms with Crippen LogP contribution >= 0.6 is 45.2 Å². The van der Waals surface area contributed by atoms with Gasteiger partial charge in [0.25, 0.3) is 0 Å². The molecule has 0 aliphatic rings. The van der Waals surface area contributed by atoms with Crippen LogP contribution in [0.25, 0.3) is 0 Å². The first-order valence-corrected chi connectivity index (χ1v) is 6.55. The lowest BCUT2D eigenvalue weighted by atomic mass is 10.3. The fourth-order valence-corrected chi connectivity index (χ4v) is 1.85. The van der Waals surface area contributed by atoms with E-state index in [0.29, 0.717) is 12.2 Å². The molecule has 1 atom stereocenters. The molecule has 0 radical (unpaired) electrons. The van der Waals surface area contributed by atoms with Gasteiger partial charge in [-0.05, 0) is 69.8 Å². The van der Waals surface area contributed by atoms with E-state index in [1.165, 1.54) is 0 Å². The van der Waals surface area contributed by atoms with Crippen LogP contribution in [-0.2, 0) is 4.79 Å². The normalized spacial score (nSPS) is 12.2. The Hall–Kier alpha value is -0.0500. The van der Waals surface area contributed by atoms with Crippen LogP contribution < -0.4 is 4.74 Å². The van der Waals surface area contributed by atoms with Crippen LogP contribution in [0.15, 0.2) is 18.2 Å². The molecule has 1 rings (SSSR count). The summed E-state index contributed by atoms with van der Waals surface area (Å²) in [5.41, 5.74) is 0. The first-order chi connectivity index (χ1) is 7.04. The zero-order chi connectivity index (χ0) is 11.4. The topological polar surface area (TPSA) is 46.5 Å². The van der Waals surface area contributed by atoms with Crippen LogP contribution in [0.2, 0.25) is 0 Å². The van der Waals surface area contributed by atoms with E-state index < -0.39 is 12.1 Å². The molecule has 0 aliphatic carbocycles. The third-order valence-corrected chi connectivity index (χ3v) is 4.68. The van der Waals surface area contributed by atoms with Crippen molar-refractivity contribution in [1.29, 1.82) is 0 Å². The van der Waals surface area contributed by atoms with E-state index in [4.69, 9.17) is 9.84 Å². The van der Waals surface area contributed by atoms with Gasteiger partial charge >= 0.3 is 5.97 Å². The number of hydrogen-bond donors (Lipinski definition) is 1. The van der Waals surface area contributed by atoms with E-state index in [-0.39, 0.29) is 0 Å². The molecule has 3 nitrogen and oxygen atoms in total. The van der Waals surface area contributed by atoms with Crippen molar-refractivity contribution in [2.45, 2.75) is 19.4 Å². The Bertz CT molecular complexity index is 366. The number of carboxylic acid groups (broad SMARTS) is 1. The molecule has 0 aromatic heterocycles. The molecule has 0 amide bonds. The van der Waals surface area contributed by atoms with Crippen LogP contribution in [-0.4, -0.2) is 17.2 Å². The molecule has 5 heteroatoms. The second kappa shape index (κ2) is 5.88. The molecule has 0 fully saturated rings. The van der Waals surface area contributed by atoms with Crippen molar-refractivity contribution >= 4 is 51.2 Å². The van der Waals surface area contributed by atoms with Crippen molar-refractivity contribution in [3.05, 3.63) is 25.3 Å². The zero-order valence-corrected chi connectivity index (χ0v) is 12.4. The van der Waals surface area contributed by atoms with E-state index in [1.54, 1.807) is 13.0 Å². The third-order valence-electron chi connectivity index (χ3n) is 1.82. The van der Waals surface area contributed by atoms with E-state index in [9.17, 15) is 4.79 Å². The molecule has 0 heterocycles. The number of benzene rings is 1. The van der Waals surface area contributed by atoms with Crippen molar-refractivity contribution in [3.63, 3.8) is 0 Å². The van der Waals surface area contributed by atoms with Gasteiger partial charge in [0.15, 0.2) is 6.10 Å². The molecule has 1 aromatic carbocycles. The largest absolute Gasteiger partial charge is 0.479 e. The third kappa shape index (κ3) is 3.78. The minimum atomic E-state index is -0.925. The summed E-state index contributed by atoms with van der Waals surface area (Å²) >= 11 is 4.41. The highest BCUT2D eigenvalue weighted by Crippen LogP contribution is 2.22. The first-order valence-electron chi connectivity index (χ1n) is 4.39. The lowest BCUT2D eigenvalue weighted by Gasteiger charge is -2.13. The van der Waals surface area contributed by atoms with Gasteiger partial charge in [0, 0.05) is 7.14 Å². The summed E-state index contributed by atoms with van der Waals surface area (Å²) in [7, 11) is 0. The summed E-state index contributed by atoms with van der Waals surface area (Å²) in [6, 6.07) is 5.54. The first kappa shape index (κ1) is 13.0. The van der Waals surface area contributed by atoms with Gasteiger partial charge in [-0.15, -0.1) is 0 Å². The Kier molecular flexibility index (Phi) is 5.10. The lowest BCUT2D eigenvalue weighted by Crippen LogP contribution is -2.25. The second-order valence-corrected chi connectivity index (χ2v) is 5.25. The lowest BCUT2D eigenvalue weighted by molar-refractivity contribution is -0.145. The molecule has 0 bridgehead atoms. The summed E-state index contributed by atoms with van der Waals surface area (Å²) in [5, 5.41) is 8.83. The molecular formula is C10H10I2O3. The summed E-state index contributed by atoms with van der Waals surface area (Å²) < 4.78 is 7.54. The van der Waals surface area contributed by atoms with E-state index in [1.807, 2.05) is 12.1 Å². The van der Waals surface area contributed by atoms with Gasteiger partial charge in [0.05, 0.1) is 0 Å². The summed E-state index contributed by atoms with van der Waals surface area (Å²) in [4.78, 5) is 10.8. The quantitative estimate of drug-likeness (QED) is 0.745. The van der Waals surface area contributed by atoms with Gasteiger partial charge in [-0.1, -0.05) is 6.92 Å². The van der Waals surface area contributed by atoms with Crippen molar-refractivity contribution in [1.82, 2.24) is 0 Å². The second-order valence-electron chi connectivity index (χ2n) is 2.93. The number of rotatable bonds is 4. The number of hydrogen-bond acceptors (Lipinski definition) is 2. The molecule has 15 heavy (non-hydrogen) atoms. The molecule has 0 aliphatic heterocycles. The number of ether oxygens (including phenoxy) is 1. The van der Waals surface area contributed by atoms with Crippen molar-refractivity contribution in [2.24, 2.45) is 0 Å². The fraction of sp³-hybridized carbons (Fsp3) is 0.300. The minimum Gasteiger partial charge on any atom is -0.479 e. The Balaban J connectivity index is 2.80. The molecule has 82 valence electrons. The van der Waals surface area contributed by atoms with Gasteiger partial charge in [-0.3, -0.25) is 0 Å².